The summed E-state index contributed by atoms with van der Waals surface area (Å²) in [5, 5.41) is 6.46. The van der Waals surface area contributed by atoms with Crippen molar-refractivity contribution in [3.63, 3.8) is 0 Å². The molecule has 11 rings (SSSR count). The molecule has 0 saturated carbocycles. The minimum Gasteiger partial charge on any atom is -0.452 e. The second-order valence-corrected chi connectivity index (χ2v) is 14.6. The zero-order valence-electron chi connectivity index (χ0n) is 31.7. The van der Waals surface area contributed by atoms with Gasteiger partial charge in [-0.25, -0.2) is 9.97 Å². The Morgan fingerprint density at radius 1 is 0.500 bits per heavy atom. The zero-order chi connectivity index (χ0) is 38.7. The normalized spacial score (nSPS) is 12.3. The number of nitrogens with zero attached hydrogens (tertiary/aromatic N) is 3. The molecule has 274 valence electrons. The molecule has 0 radical (unpaired) electrons. The van der Waals surface area contributed by atoms with Crippen LogP contribution >= 0.6 is 0 Å². The maximum Gasteiger partial charge on any atom is 0.178 e. The minimum atomic E-state index is 0.684. The van der Waals surface area contributed by atoms with Crippen LogP contribution < -0.4 is 0 Å². The number of rotatable bonds is 7. The molecule has 0 aliphatic heterocycles. The molecule has 4 heterocycles. The summed E-state index contributed by atoms with van der Waals surface area (Å²) in [5.74, 6) is 0.684. The lowest BCUT2D eigenvalue weighted by Crippen LogP contribution is -1.95. The van der Waals surface area contributed by atoms with E-state index in [2.05, 4.69) is 133 Å². The Morgan fingerprint density at radius 2 is 1.05 bits per heavy atom. The Kier molecular flexibility index (Phi) is 7.79. The van der Waals surface area contributed by atoms with Crippen LogP contribution in [0.15, 0.2) is 197 Å². The fourth-order valence-corrected chi connectivity index (χ4v) is 8.40. The van der Waals surface area contributed by atoms with Gasteiger partial charge in [-0.1, -0.05) is 110 Å². The van der Waals surface area contributed by atoms with Crippen molar-refractivity contribution in [2.24, 2.45) is 0 Å². The van der Waals surface area contributed by atoms with E-state index >= 15 is 0 Å². The van der Waals surface area contributed by atoms with Crippen LogP contribution in [0.4, 0.5) is 0 Å². The molecule has 0 saturated heterocycles. The summed E-state index contributed by atoms with van der Waals surface area (Å²) in [7, 11) is 0. The quantitative estimate of drug-likeness (QED) is 0.152. The Labute approximate surface area is 334 Å². The second-order valence-electron chi connectivity index (χ2n) is 14.6. The Balaban J connectivity index is 1.02. The van der Waals surface area contributed by atoms with Crippen molar-refractivity contribution in [3.05, 3.63) is 189 Å². The van der Waals surface area contributed by atoms with Crippen LogP contribution in [0.1, 0.15) is 6.92 Å². The van der Waals surface area contributed by atoms with E-state index in [1.165, 1.54) is 10.8 Å². The summed E-state index contributed by atoms with van der Waals surface area (Å²) in [6.07, 6.45) is 8.08. The van der Waals surface area contributed by atoms with Crippen LogP contribution in [0.5, 0.6) is 0 Å². The first-order chi connectivity index (χ1) is 28.6. The van der Waals surface area contributed by atoms with E-state index in [0.29, 0.717) is 5.82 Å². The van der Waals surface area contributed by atoms with Gasteiger partial charge in [0.2, 0.25) is 0 Å². The van der Waals surface area contributed by atoms with Crippen LogP contribution in [0.3, 0.4) is 0 Å². The molecule has 11 aromatic rings. The molecule has 58 heavy (non-hydrogen) atoms. The molecule has 0 spiro atoms. The third kappa shape index (κ3) is 5.40. The number of fused-ring (bicyclic) bond motifs is 10. The first-order valence-corrected chi connectivity index (χ1v) is 19.5. The van der Waals surface area contributed by atoms with Crippen molar-refractivity contribution in [1.29, 1.82) is 0 Å². The average Bonchev–Trinajstić information content (AvgIpc) is 3.95. The van der Waals surface area contributed by atoms with Crippen LogP contribution in [0, 0.1) is 0 Å². The van der Waals surface area contributed by atoms with Gasteiger partial charge in [0, 0.05) is 54.7 Å². The molecule has 5 heteroatoms. The highest BCUT2D eigenvalue weighted by Gasteiger charge is 2.19. The highest BCUT2D eigenvalue weighted by Crippen LogP contribution is 2.42. The van der Waals surface area contributed by atoms with Crippen LogP contribution in [0.2, 0.25) is 0 Å². The largest absolute Gasteiger partial charge is 0.452 e. The maximum atomic E-state index is 6.60. The fraction of sp³-hybridized carbons (Fsp3) is 0.0189. The Hall–Kier alpha value is -7.76. The molecule has 5 nitrogen and oxygen atoms in total. The summed E-state index contributed by atoms with van der Waals surface area (Å²) in [5.41, 5.74) is 13.4. The highest BCUT2D eigenvalue weighted by molar-refractivity contribution is 6.20. The van der Waals surface area contributed by atoms with E-state index in [0.717, 1.165) is 99.8 Å². The van der Waals surface area contributed by atoms with E-state index in [-0.39, 0.29) is 0 Å². The average molecular weight is 746 g/mol. The first-order valence-electron chi connectivity index (χ1n) is 19.5. The minimum absolute atomic E-state index is 0.684. The lowest BCUT2D eigenvalue weighted by molar-refractivity contribution is 0.633. The zero-order valence-corrected chi connectivity index (χ0v) is 31.7. The molecule has 0 fully saturated rings. The molecule has 4 aromatic heterocycles. The highest BCUT2D eigenvalue weighted by atomic mass is 16.4. The molecule has 0 unspecified atom stereocenters. The Bertz CT molecular complexity index is 3420. The van der Waals surface area contributed by atoms with Gasteiger partial charge in [0.15, 0.2) is 17.0 Å². The lowest BCUT2D eigenvalue weighted by Gasteiger charge is -2.09. The molecule has 0 bridgehead atoms. The topological polar surface area (TPSA) is 57.0 Å². The molecular formula is C53H35N3O2. The molecule has 0 aliphatic carbocycles. The van der Waals surface area contributed by atoms with Gasteiger partial charge in [0.05, 0.1) is 22.4 Å². The third-order valence-corrected chi connectivity index (χ3v) is 11.1. The number of aromatic nitrogens is 3. The van der Waals surface area contributed by atoms with E-state index in [9.17, 15) is 0 Å². The monoisotopic (exact) mass is 745 g/mol. The summed E-state index contributed by atoms with van der Waals surface area (Å²) in [6.45, 7) is 6.01. The van der Waals surface area contributed by atoms with Gasteiger partial charge < -0.3 is 13.4 Å². The van der Waals surface area contributed by atoms with Crippen LogP contribution in [-0.2, 0) is 0 Å². The van der Waals surface area contributed by atoms with Crippen molar-refractivity contribution in [2.45, 2.75) is 6.92 Å². The van der Waals surface area contributed by atoms with Crippen LogP contribution in [-0.4, -0.2) is 14.5 Å². The van der Waals surface area contributed by atoms with Gasteiger partial charge in [-0.05, 0) is 96.9 Å². The molecule has 0 N–H and O–H groups in total. The van der Waals surface area contributed by atoms with Crippen molar-refractivity contribution >= 4 is 71.4 Å². The number of hydrogen-bond donors (Lipinski definition) is 0. The van der Waals surface area contributed by atoms with E-state index < -0.39 is 0 Å². The SMILES string of the molecule is C=C/C=C(\C=C/C)n1c2ccccc2c2cc(-c3ccc4oc5c(ccc6c7cc(-c8cc(-c9ccccc9)nc(-c9ccccc9)n8)ccc7oc65)c4c3)ccc21. The Morgan fingerprint density at radius 3 is 1.72 bits per heavy atom. The number of benzene rings is 7. The van der Waals surface area contributed by atoms with Gasteiger partial charge in [0.1, 0.15) is 11.2 Å². The molecular weight excluding hydrogens is 711 g/mol. The number of hydrogen-bond acceptors (Lipinski definition) is 4. The smallest absolute Gasteiger partial charge is 0.178 e. The van der Waals surface area contributed by atoms with E-state index in [1.807, 2.05) is 67.6 Å². The number of furan rings is 2. The fourth-order valence-electron chi connectivity index (χ4n) is 8.40. The molecule has 7 aromatic carbocycles. The maximum absolute atomic E-state index is 6.60. The van der Waals surface area contributed by atoms with E-state index in [4.69, 9.17) is 18.8 Å². The lowest BCUT2D eigenvalue weighted by atomic mass is 10.00. The summed E-state index contributed by atoms with van der Waals surface area (Å²) < 4.78 is 15.5. The van der Waals surface area contributed by atoms with Gasteiger partial charge in [-0.3, -0.25) is 0 Å². The molecule has 0 amide bonds. The summed E-state index contributed by atoms with van der Waals surface area (Å²) in [4.78, 5) is 10.0. The van der Waals surface area contributed by atoms with Crippen molar-refractivity contribution < 1.29 is 8.83 Å². The van der Waals surface area contributed by atoms with Crippen molar-refractivity contribution in [3.8, 4) is 45.0 Å². The van der Waals surface area contributed by atoms with Gasteiger partial charge in [0.25, 0.3) is 0 Å². The standard InChI is InChI=1S/C53H35N3O2/c1-3-13-38(14-4-2)56-47-20-12-11-19-39(47)42-29-35(21-26-48(42)56)36-22-27-49-43(30-36)40-24-25-41-44-31-37(23-28-50(44)58-52(41)51(40)57-49)46-32-45(33-15-7-5-8-16-33)54-53(55-46)34-17-9-6-10-18-34/h3-32H,1H2,2H3/b14-4-,38-13+. The predicted octanol–water partition coefficient (Wildman–Crippen LogP) is 14.7. The number of para-hydroxylation sites is 1. The van der Waals surface area contributed by atoms with Gasteiger partial charge in [-0.2, -0.15) is 0 Å². The third-order valence-electron chi connectivity index (χ3n) is 11.1. The van der Waals surface area contributed by atoms with Crippen molar-refractivity contribution in [1.82, 2.24) is 14.5 Å². The summed E-state index contributed by atoms with van der Waals surface area (Å²) >= 11 is 0. The number of allylic oxidation sites excluding steroid dienone is 5. The first kappa shape index (κ1) is 33.6. The molecule has 0 aliphatic rings. The summed E-state index contributed by atoms with van der Waals surface area (Å²) in [6, 6.07) is 54.8. The van der Waals surface area contributed by atoms with Crippen molar-refractivity contribution in [2.75, 3.05) is 0 Å². The van der Waals surface area contributed by atoms with Crippen LogP contribution in [0.25, 0.3) is 116 Å². The molecule has 0 atom stereocenters. The van der Waals surface area contributed by atoms with E-state index in [1.54, 1.807) is 0 Å². The van der Waals surface area contributed by atoms with Gasteiger partial charge in [-0.15, -0.1) is 0 Å². The second kappa shape index (κ2) is 13.5. The predicted molar refractivity (Wildman–Crippen MR) is 241 cm³/mol. The van der Waals surface area contributed by atoms with Gasteiger partial charge >= 0.3 is 0 Å².